The molecule has 130 valence electrons. The van der Waals surface area contributed by atoms with E-state index in [2.05, 4.69) is 27.3 Å². The number of carboxylic acids is 1. The van der Waals surface area contributed by atoms with Crippen LogP contribution >= 0.6 is 22.6 Å². The van der Waals surface area contributed by atoms with Gasteiger partial charge in [-0.25, -0.2) is 4.21 Å². The number of nitrogens with one attached hydrogen (secondary N) is 1. The second-order valence-electron chi connectivity index (χ2n) is 5.45. The van der Waals surface area contributed by atoms with E-state index in [4.69, 9.17) is 10.8 Å². The summed E-state index contributed by atoms with van der Waals surface area (Å²) in [5.41, 5.74) is 7.13. The number of nitrogens with two attached hydrogens (primary N) is 1. The zero-order chi connectivity index (χ0) is 17.1. The molecule has 0 bridgehead atoms. The molecule has 0 radical (unpaired) electrons. The Hall–Kier alpha value is -0.670. The lowest BCUT2D eigenvalue weighted by Gasteiger charge is -2.09. The molecule has 0 aliphatic carbocycles. The van der Waals surface area contributed by atoms with Crippen molar-refractivity contribution in [3.63, 3.8) is 0 Å². The molecule has 0 saturated heterocycles. The quantitative estimate of drug-likeness (QED) is 0.258. The highest BCUT2D eigenvalue weighted by molar-refractivity contribution is 14.1. The van der Waals surface area contributed by atoms with Crippen molar-refractivity contribution in [2.75, 3.05) is 14.9 Å². The number of unbranched alkanes of at least 4 members (excludes halogenated alkanes) is 4. The first-order valence-corrected chi connectivity index (χ1v) is 10.7. The Morgan fingerprint density at radius 2 is 1.78 bits per heavy atom. The molecule has 1 rings (SSSR count). The number of benzene rings is 1. The van der Waals surface area contributed by atoms with Crippen molar-refractivity contribution in [1.29, 1.82) is 0 Å². The van der Waals surface area contributed by atoms with Gasteiger partial charge >= 0.3 is 5.97 Å². The lowest BCUT2D eigenvalue weighted by Crippen LogP contribution is -2.32. The summed E-state index contributed by atoms with van der Waals surface area (Å²) in [6, 6.07) is 6.35. The third-order valence-electron chi connectivity index (χ3n) is 3.42. The van der Waals surface area contributed by atoms with Crippen LogP contribution in [0.2, 0.25) is 0 Å². The molecule has 1 aromatic carbocycles. The molecule has 0 spiro atoms. The molecule has 0 amide bonds. The highest BCUT2D eigenvalue weighted by Crippen LogP contribution is 2.12. The number of halogens is 1. The molecule has 7 heteroatoms. The minimum absolute atomic E-state index is 0.288. The number of carbonyl (C=O) groups is 1. The Labute approximate surface area is 154 Å². The van der Waals surface area contributed by atoms with Gasteiger partial charge < -0.3 is 15.6 Å². The fraction of sp³-hybridized carbons (Fsp3) is 0.562. The van der Waals surface area contributed by atoms with Crippen molar-refractivity contribution in [1.82, 2.24) is 0 Å². The minimum atomic E-state index is -1.07. The molecule has 0 aliphatic heterocycles. The van der Waals surface area contributed by atoms with Gasteiger partial charge in [-0.15, -0.1) is 0 Å². The molecule has 0 heterocycles. The highest BCUT2D eigenvalue weighted by Gasteiger charge is 2.11. The van der Waals surface area contributed by atoms with E-state index in [0.29, 0.717) is 5.75 Å². The van der Waals surface area contributed by atoms with Crippen LogP contribution in [-0.4, -0.2) is 31.5 Å². The fourth-order valence-electron chi connectivity index (χ4n) is 2.09. The lowest BCUT2D eigenvalue weighted by molar-refractivity contribution is -0.138. The number of rotatable bonds is 12. The van der Waals surface area contributed by atoms with Gasteiger partial charge in [0.05, 0.1) is 0 Å². The first kappa shape index (κ1) is 20.4. The van der Waals surface area contributed by atoms with Crippen LogP contribution in [0.3, 0.4) is 0 Å². The Bertz CT molecular complexity index is 497. The Kier molecular flexibility index (Phi) is 10.5. The summed E-state index contributed by atoms with van der Waals surface area (Å²) in [6.45, 7) is 0. The van der Waals surface area contributed by atoms with E-state index in [1.165, 1.54) is 23.7 Å². The van der Waals surface area contributed by atoms with Crippen LogP contribution in [0, 0.1) is 0 Å². The highest BCUT2D eigenvalue weighted by atomic mass is 127. The van der Waals surface area contributed by atoms with Crippen LogP contribution in [0.15, 0.2) is 24.3 Å². The molecule has 0 saturated carbocycles. The largest absolute Gasteiger partial charge is 0.480 e. The molecule has 0 aromatic heterocycles. The van der Waals surface area contributed by atoms with Crippen LogP contribution in [0.25, 0.3) is 0 Å². The van der Waals surface area contributed by atoms with E-state index in [-0.39, 0.29) is 6.42 Å². The van der Waals surface area contributed by atoms with E-state index in [0.717, 1.165) is 24.1 Å². The van der Waals surface area contributed by atoms with Gasteiger partial charge in [0.25, 0.3) is 0 Å². The van der Waals surface area contributed by atoms with Gasteiger partial charge in [-0.2, -0.15) is 0 Å². The maximum atomic E-state index is 12.0. The molecule has 0 fully saturated rings. The summed E-state index contributed by atoms with van der Waals surface area (Å²) < 4.78 is 16.1. The Morgan fingerprint density at radius 1 is 1.17 bits per heavy atom. The number of carboxylic acid groups (broad SMARTS) is 1. The van der Waals surface area contributed by atoms with E-state index in [9.17, 15) is 9.00 Å². The normalized spacial score (nSPS) is 13.5. The van der Waals surface area contributed by atoms with Crippen LogP contribution in [-0.2, 0) is 22.2 Å². The fourth-order valence-corrected chi connectivity index (χ4v) is 3.60. The monoisotopic (exact) mass is 452 g/mol. The van der Waals surface area contributed by atoms with Gasteiger partial charge in [-0.3, -0.25) is 4.79 Å². The van der Waals surface area contributed by atoms with E-state index in [1.807, 2.05) is 24.3 Å². The Morgan fingerprint density at radius 3 is 2.39 bits per heavy atom. The average molecular weight is 452 g/mol. The summed E-state index contributed by atoms with van der Waals surface area (Å²) in [4.78, 5) is 10.7. The number of alkyl halides is 1. The zero-order valence-electron chi connectivity index (χ0n) is 13.2. The van der Waals surface area contributed by atoms with Gasteiger partial charge in [0.15, 0.2) is 0 Å². The summed E-state index contributed by atoms with van der Waals surface area (Å²) >= 11 is 2.39. The topological polar surface area (TPSA) is 92.4 Å². The van der Waals surface area contributed by atoms with Crippen LogP contribution < -0.4 is 10.5 Å². The van der Waals surface area contributed by atoms with Crippen LogP contribution in [0.4, 0.5) is 5.69 Å². The van der Waals surface area contributed by atoms with Gasteiger partial charge in [-0.1, -0.05) is 54.0 Å². The van der Waals surface area contributed by atoms with Crippen molar-refractivity contribution in [2.45, 2.75) is 44.6 Å². The minimum Gasteiger partial charge on any atom is -0.480 e. The standard InChI is InChI=1S/C16H25IN2O3S/c17-10-4-2-1-3-5-11-23(22)19-14-8-6-13(7-9-14)12-15(18)16(20)21/h6-9,15,19H,1-5,10-12,18H2,(H,20,21)/t15-,23?/m0/s1. The Balaban J connectivity index is 2.28. The number of aliphatic carboxylic acids is 1. The third kappa shape index (κ3) is 9.26. The maximum Gasteiger partial charge on any atom is 0.320 e. The maximum absolute atomic E-state index is 12.0. The molecule has 23 heavy (non-hydrogen) atoms. The molecule has 2 atom stereocenters. The van der Waals surface area contributed by atoms with E-state index in [1.54, 1.807) is 0 Å². The smallest absolute Gasteiger partial charge is 0.320 e. The first-order chi connectivity index (χ1) is 11.0. The first-order valence-electron chi connectivity index (χ1n) is 7.81. The van der Waals surface area contributed by atoms with Gasteiger partial charge in [-0.05, 0) is 41.4 Å². The second-order valence-corrected chi connectivity index (χ2v) is 7.84. The predicted molar refractivity (Wildman–Crippen MR) is 104 cm³/mol. The van der Waals surface area contributed by atoms with Crippen molar-refractivity contribution in [3.05, 3.63) is 29.8 Å². The van der Waals surface area contributed by atoms with Crippen molar-refractivity contribution < 1.29 is 14.1 Å². The van der Waals surface area contributed by atoms with Crippen molar-refractivity contribution in [3.8, 4) is 0 Å². The van der Waals surface area contributed by atoms with Gasteiger partial charge in [0.2, 0.25) is 0 Å². The molecule has 1 aromatic rings. The molecule has 0 aliphatic rings. The molecular formula is C16H25IN2O3S. The van der Waals surface area contributed by atoms with E-state index < -0.39 is 23.0 Å². The van der Waals surface area contributed by atoms with Crippen LogP contribution in [0.1, 0.15) is 37.7 Å². The molecular weight excluding hydrogens is 427 g/mol. The summed E-state index contributed by atoms with van der Waals surface area (Å²) in [7, 11) is -1.07. The number of hydrogen-bond acceptors (Lipinski definition) is 3. The summed E-state index contributed by atoms with van der Waals surface area (Å²) in [6.07, 6.45) is 6.10. The number of hydrogen-bond donors (Lipinski definition) is 3. The van der Waals surface area contributed by atoms with Gasteiger partial charge in [0, 0.05) is 11.4 Å². The molecule has 4 N–H and O–H groups in total. The van der Waals surface area contributed by atoms with Crippen molar-refractivity contribution in [2.24, 2.45) is 5.73 Å². The number of anilines is 1. The van der Waals surface area contributed by atoms with E-state index >= 15 is 0 Å². The molecule has 5 nitrogen and oxygen atoms in total. The third-order valence-corrected chi connectivity index (χ3v) is 5.31. The van der Waals surface area contributed by atoms with Crippen LogP contribution in [0.5, 0.6) is 0 Å². The summed E-state index contributed by atoms with van der Waals surface area (Å²) in [5.74, 6) is -0.359. The predicted octanol–water partition coefficient (Wildman–Crippen LogP) is 3.10. The lowest BCUT2D eigenvalue weighted by atomic mass is 10.1. The SMILES string of the molecule is N[C@@H](Cc1ccc(NS(=O)CCCCCCCI)cc1)C(=O)O. The summed E-state index contributed by atoms with van der Waals surface area (Å²) in [5, 5.41) is 8.79. The molecule has 1 unspecified atom stereocenters. The zero-order valence-corrected chi connectivity index (χ0v) is 16.1. The van der Waals surface area contributed by atoms with Crippen molar-refractivity contribution >= 4 is 45.2 Å². The average Bonchev–Trinajstić information content (AvgIpc) is 2.52. The second kappa shape index (κ2) is 11.8. The van der Waals surface area contributed by atoms with Gasteiger partial charge in [0.1, 0.15) is 17.0 Å².